The molecule has 0 saturated heterocycles. The van der Waals surface area contributed by atoms with Crippen LogP contribution in [0.4, 0.5) is 0 Å². The Labute approximate surface area is 155 Å². The van der Waals surface area contributed by atoms with Gasteiger partial charge in [0.15, 0.2) is 0 Å². The molecular formula is C23H25NO2. The van der Waals surface area contributed by atoms with E-state index in [4.69, 9.17) is 0 Å². The summed E-state index contributed by atoms with van der Waals surface area (Å²) in [6.45, 7) is 5.24. The minimum Gasteiger partial charge on any atom is -0.379 e. The highest BCUT2D eigenvalue weighted by molar-refractivity contribution is 5.95. The summed E-state index contributed by atoms with van der Waals surface area (Å²) in [5.74, 6) is -0.448. The van der Waals surface area contributed by atoms with Crippen LogP contribution >= 0.6 is 0 Å². The average Bonchev–Trinajstić information content (AvgIpc) is 3.20. The van der Waals surface area contributed by atoms with Crippen molar-refractivity contribution in [1.82, 2.24) is 4.90 Å². The number of hydrogen-bond acceptors (Lipinski definition) is 2. The summed E-state index contributed by atoms with van der Waals surface area (Å²) in [7, 11) is 0. The minimum absolute atomic E-state index is 0.0183. The molecule has 134 valence electrons. The first-order chi connectivity index (χ1) is 12.6. The van der Waals surface area contributed by atoms with E-state index in [1.54, 1.807) is 4.90 Å². The molecule has 1 N–H and O–H groups in total. The van der Waals surface area contributed by atoms with Gasteiger partial charge in [0.1, 0.15) is 5.60 Å². The fourth-order valence-electron chi connectivity index (χ4n) is 3.65. The number of likely N-dealkylation sites (N-methyl/N-ethyl adjacent to an activating group) is 1. The average molecular weight is 347 g/mol. The van der Waals surface area contributed by atoms with Crippen LogP contribution in [0.3, 0.4) is 0 Å². The number of carbonyl (C=O) groups is 1. The van der Waals surface area contributed by atoms with Crippen LogP contribution in [0.15, 0.2) is 84.5 Å². The Morgan fingerprint density at radius 2 is 1.46 bits per heavy atom. The first-order valence-electron chi connectivity index (χ1n) is 9.14. The highest BCUT2D eigenvalue weighted by atomic mass is 16.3. The zero-order valence-electron chi connectivity index (χ0n) is 15.3. The molecule has 3 rings (SSSR count). The van der Waals surface area contributed by atoms with Crippen LogP contribution in [0.25, 0.3) is 0 Å². The maximum Gasteiger partial charge on any atom is 0.250 e. The van der Waals surface area contributed by atoms with Gasteiger partial charge in [0.25, 0.3) is 0 Å². The zero-order valence-corrected chi connectivity index (χ0v) is 15.3. The van der Waals surface area contributed by atoms with Crippen LogP contribution in [0.2, 0.25) is 0 Å². The molecule has 0 bridgehead atoms. The lowest BCUT2D eigenvalue weighted by molar-refractivity contribution is -0.128. The highest BCUT2D eigenvalue weighted by Crippen LogP contribution is 2.43. The summed E-state index contributed by atoms with van der Waals surface area (Å²) in [5.41, 5.74) is 0.885. The van der Waals surface area contributed by atoms with Crippen molar-refractivity contribution in [3.05, 3.63) is 95.6 Å². The van der Waals surface area contributed by atoms with Crippen molar-refractivity contribution < 1.29 is 9.90 Å². The molecule has 0 saturated carbocycles. The Morgan fingerprint density at radius 1 is 0.962 bits per heavy atom. The normalized spacial score (nSPS) is 16.4. The predicted molar refractivity (Wildman–Crippen MR) is 105 cm³/mol. The molecule has 0 spiro atoms. The van der Waals surface area contributed by atoms with Crippen LogP contribution in [-0.4, -0.2) is 29.0 Å². The molecule has 26 heavy (non-hydrogen) atoms. The van der Waals surface area contributed by atoms with Gasteiger partial charge in [-0.15, -0.1) is 0 Å². The quantitative estimate of drug-likeness (QED) is 0.861. The summed E-state index contributed by atoms with van der Waals surface area (Å²) in [5, 5.41) is 11.9. The second-order valence-corrected chi connectivity index (χ2v) is 6.46. The maximum atomic E-state index is 13.0. The number of nitrogens with zero attached hydrogens (tertiary/aromatic N) is 1. The van der Waals surface area contributed by atoms with Gasteiger partial charge < -0.3 is 10.0 Å². The van der Waals surface area contributed by atoms with Crippen LogP contribution in [0.5, 0.6) is 0 Å². The van der Waals surface area contributed by atoms with E-state index in [9.17, 15) is 9.90 Å². The summed E-state index contributed by atoms with van der Waals surface area (Å²) in [6.07, 6.45) is 5.64. The molecule has 2 aromatic carbocycles. The second-order valence-electron chi connectivity index (χ2n) is 6.46. The molecule has 1 aliphatic carbocycles. The van der Waals surface area contributed by atoms with Crippen molar-refractivity contribution in [2.75, 3.05) is 13.1 Å². The number of allylic oxidation sites excluding steroid dienone is 2. The fourth-order valence-corrected chi connectivity index (χ4v) is 3.65. The molecular weight excluding hydrogens is 322 g/mol. The molecule has 0 aliphatic heterocycles. The number of benzene rings is 2. The number of carbonyl (C=O) groups excluding carboxylic acids is 1. The van der Waals surface area contributed by atoms with Gasteiger partial charge in [-0.2, -0.15) is 0 Å². The Kier molecular flexibility index (Phi) is 5.38. The van der Waals surface area contributed by atoms with Gasteiger partial charge >= 0.3 is 0 Å². The van der Waals surface area contributed by atoms with Crippen molar-refractivity contribution >= 4 is 5.91 Å². The van der Waals surface area contributed by atoms with Gasteiger partial charge in [0, 0.05) is 24.6 Å². The van der Waals surface area contributed by atoms with Gasteiger partial charge in [-0.05, 0) is 25.0 Å². The number of aliphatic hydroxyl groups is 1. The van der Waals surface area contributed by atoms with Crippen LogP contribution in [0.1, 0.15) is 25.0 Å². The predicted octanol–water partition coefficient (Wildman–Crippen LogP) is 3.90. The molecule has 1 amide bonds. The van der Waals surface area contributed by atoms with E-state index in [0.29, 0.717) is 18.7 Å². The van der Waals surface area contributed by atoms with Crippen molar-refractivity contribution in [2.24, 2.45) is 5.92 Å². The number of amides is 1. The van der Waals surface area contributed by atoms with Gasteiger partial charge in [-0.1, -0.05) is 78.9 Å². The Bertz CT molecular complexity index is 765. The Hall–Kier alpha value is -2.65. The standard InChI is InChI=1S/C23H25NO2/c1-3-24(4-2)22(25)20-16-11-17-21(20)23(26,18-12-7-5-8-13-18)19-14-9-6-10-15-19/h5-17,21,26H,3-4H2,1-2H3. The summed E-state index contributed by atoms with van der Waals surface area (Å²) >= 11 is 0. The lowest BCUT2D eigenvalue weighted by atomic mass is 9.73. The lowest BCUT2D eigenvalue weighted by Gasteiger charge is -2.36. The topological polar surface area (TPSA) is 40.5 Å². The van der Waals surface area contributed by atoms with Gasteiger partial charge in [-0.25, -0.2) is 0 Å². The van der Waals surface area contributed by atoms with E-state index >= 15 is 0 Å². The van der Waals surface area contributed by atoms with E-state index in [1.807, 2.05) is 92.7 Å². The number of rotatable bonds is 6. The highest BCUT2D eigenvalue weighted by Gasteiger charge is 2.44. The Balaban J connectivity index is 2.10. The van der Waals surface area contributed by atoms with Gasteiger partial charge in [0.2, 0.25) is 5.91 Å². The summed E-state index contributed by atoms with van der Waals surface area (Å²) < 4.78 is 0. The molecule has 0 radical (unpaired) electrons. The molecule has 2 aromatic rings. The summed E-state index contributed by atoms with van der Waals surface area (Å²) in [6, 6.07) is 19.2. The largest absolute Gasteiger partial charge is 0.379 e. The van der Waals surface area contributed by atoms with Crippen LogP contribution in [-0.2, 0) is 10.4 Å². The van der Waals surface area contributed by atoms with E-state index in [-0.39, 0.29) is 5.91 Å². The smallest absolute Gasteiger partial charge is 0.250 e. The van der Waals surface area contributed by atoms with Crippen molar-refractivity contribution in [3.8, 4) is 0 Å². The van der Waals surface area contributed by atoms with Crippen molar-refractivity contribution in [1.29, 1.82) is 0 Å². The zero-order chi connectivity index (χ0) is 18.6. The third-order valence-corrected chi connectivity index (χ3v) is 5.09. The molecule has 0 aromatic heterocycles. The summed E-state index contributed by atoms with van der Waals surface area (Å²) in [4.78, 5) is 14.8. The van der Waals surface area contributed by atoms with E-state index < -0.39 is 11.5 Å². The lowest BCUT2D eigenvalue weighted by Crippen LogP contribution is -2.41. The third-order valence-electron chi connectivity index (χ3n) is 5.09. The molecule has 3 heteroatoms. The van der Waals surface area contributed by atoms with Gasteiger partial charge in [0.05, 0.1) is 0 Å². The second kappa shape index (κ2) is 7.71. The first kappa shape index (κ1) is 18.2. The van der Waals surface area contributed by atoms with E-state index in [1.165, 1.54) is 0 Å². The molecule has 0 heterocycles. The number of hydrogen-bond donors (Lipinski definition) is 1. The Morgan fingerprint density at radius 3 is 1.92 bits per heavy atom. The first-order valence-corrected chi connectivity index (χ1v) is 9.14. The van der Waals surface area contributed by atoms with E-state index in [2.05, 4.69) is 0 Å². The van der Waals surface area contributed by atoms with Crippen molar-refractivity contribution in [2.45, 2.75) is 19.4 Å². The molecule has 1 unspecified atom stereocenters. The molecule has 1 atom stereocenters. The monoisotopic (exact) mass is 347 g/mol. The SMILES string of the molecule is CCN(CC)C(=O)C1=CC=CC1C(O)(c1ccccc1)c1ccccc1. The molecule has 0 fully saturated rings. The van der Waals surface area contributed by atoms with Gasteiger partial charge in [-0.3, -0.25) is 4.79 Å². The maximum absolute atomic E-state index is 13.0. The molecule has 3 nitrogen and oxygen atoms in total. The third kappa shape index (κ3) is 3.11. The minimum atomic E-state index is -1.30. The fraction of sp³-hybridized carbons (Fsp3) is 0.261. The van der Waals surface area contributed by atoms with Crippen molar-refractivity contribution in [3.63, 3.8) is 0 Å². The molecule has 1 aliphatic rings. The van der Waals surface area contributed by atoms with E-state index in [0.717, 1.165) is 11.1 Å². The van der Waals surface area contributed by atoms with Crippen LogP contribution < -0.4 is 0 Å². The van der Waals surface area contributed by atoms with Crippen LogP contribution in [0, 0.1) is 5.92 Å².